The molecular formula is C59H77N8O4SSi2+. The van der Waals surface area contributed by atoms with Crippen molar-refractivity contribution in [1.82, 2.24) is 30.7 Å². The number of hydrogen-bond acceptors (Lipinski definition) is 10. The van der Waals surface area contributed by atoms with Crippen LogP contribution in [0, 0.1) is 0 Å². The second-order valence-electron chi connectivity index (χ2n) is 22.4. The Balaban J connectivity index is 0.842. The molecule has 4 aliphatic rings. The Hall–Kier alpha value is -5.72. The Kier molecular flexibility index (Phi) is 16.5. The quantitative estimate of drug-likeness (QED) is 0.0495. The van der Waals surface area contributed by atoms with Gasteiger partial charge in [-0.05, 0) is 67.4 Å². The number of amides is 2. The van der Waals surface area contributed by atoms with Gasteiger partial charge in [-0.15, -0.1) is 0 Å². The maximum atomic E-state index is 14.1. The van der Waals surface area contributed by atoms with E-state index in [0.29, 0.717) is 43.4 Å². The number of fused-ring (bicyclic) bond motifs is 1. The van der Waals surface area contributed by atoms with E-state index >= 15 is 0 Å². The van der Waals surface area contributed by atoms with Crippen molar-refractivity contribution >= 4 is 73.7 Å². The Bertz CT molecular complexity index is 2690. The summed E-state index contributed by atoms with van der Waals surface area (Å²) in [5.74, 6) is 1.83. The summed E-state index contributed by atoms with van der Waals surface area (Å²) in [5, 5.41) is 15.0. The molecule has 0 aliphatic carbocycles. The summed E-state index contributed by atoms with van der Waals surface area (Å²) in [6.45, 7) is 20.8. The minimum absolute atomic E-state index is 0.0248. The van der Waals surface area contributed by atoms with Crippen LogP contribution >= 0.6 is 12.6 Å². The molecule has 0 spiro atoms. The smallest absolute Gasteiger partial charge is 0.349 e. The molecule has 3 N–H and O–H groups in total. The van der Waals surface area contributed by atoms with Crippen LogP contribution in [0.1, 0.15) is 93.5 Å². The molecule has 1 saturated heterocycles. The molecule has 5 aromatic rings. The summed E-state index contributed by atoms with van der Waals surface area (Å²) in [4.78, 5) is 40.2. The molecular weight excluding hydrogens is 973 g/mol. The van der Waals surface area contributed by atoms with Gasteiger partial charge in [0.05, 0.1) is 51.6 Å². The highest BCUT2D eigenvalue weighted by molar-refractivity contribution is 7.79. The second-order valence-corrected chi connectivity index (χ2v) is 31.3. The van der Waals surface area contributed by atoms with Gasteiger partial charge in [0.2, 0.25) is 0 Å². The molecule has 2 amide bonds. The first-order chi connectivity index (χ1) is 35.7. The van der Waals surface area contributed by atoms with Crippen LogP contribution in [0.25, 0.3) is 0 Å². The van der Waals surface area contributed by atoms with Gasteiger partial charge in [-0.2, -0.15) is 12.6 Å². The summed E-state index contributed by atoms with van der Waals surface area (Å²) in [6, 6.07) is 48.5. The highest BCUT2D eigenvalue weighted by Crippen LogP contribution is 2.38. The molecule has 0 unspecified atom stereocenters. The van der Waals surface area contributed by atoms with Crippen molar-refractivity contribution in [3.05, 3.63) is 156 Å². The summed E-state index contributed by atoms with van der Waals surface area (Å²) >= 11 is 4.58. The zero-order valence-corrected chi connectivity index (χ0v) is 47.3. The lowest BCUT2D eigenvalue weighted by Crippen LogP contribution is -2.68. The van der Waals surface area contributed by atoms with Crippen molar-refractivity contribution in [2.24, 2.45) is 4.99 Å². The van der Waals surface area contributed by atoms with Crippen molar-refractivity contribution in [3.63, 3.8) is 0 Å². The van der Waals surface area contributed by atoms with Crippen molar-refractivity contribution in [2.75, 3.05) is 65.8 Å². The topological polar surface area (TPSA) is 114 Å². The van der Waals surface area contributed by atoms with Gasteiger partial charge in [0.1, 0.15) is 6.67 Å². The van der Waals surface area contributed by atoms with Crippen LogP contribution in [0.2, 0.25) is 10.1 Å². The molecule has 2 atom stereocenters. The van der Waals surface area contributed by atoms with Crippen LogP contribution in [0.5, 0.6) is 0 Å². The molecule has 12 nitrogen and oxygen atoms in total. The van der Waals surface area contributed by atoms with Crippen LogP contribution in [0.4, 0.5) is 0 Å². The summed E-state index contributed by atoms with van der Waals surface area (Å²) in [7, 11) is -5.45. The van der Waals surface area contributed by atoms with Gasteiger partial charge in [-0.3, -0.25) is 19.5 Å². The number of guanidine groups is 2. The van der Waals surface area contributed by atoms with Crippen LogP contribution in [-0.4, -0.2) is 138 Å². The van der Waals surface area contributed by atoms with Crippen molar-refractivity contribution in [1.29, 1.82) is 0 Å². The molecule has 4 aliphatic heterocycles. The minimum atomic E-state index is -2.74. The first kappa shape index (κ1) is 53.1. The SMILES string of the molecule is CC(C)(C)[Si](OC[C@@H]1CCN2CCCN(CNC(=O)c3cc(CS)cc(C(=O)NCN4CCC[N+]5=C4N[C@H](CO[Si](c4ccccc4)(c4ccccc4)C(C)(C)C)CC5)c3)C2=N1)(c1ccccc1)c1ccccc1. The molecule has 0 bridgehead atoms. The molecule has 1 fully saturated rings. The van der Waals surface area contributed by atoms with Crippen LogP contribution in [0.3, 0.4) is 0 Å². The van der Waals surface area contributed by atoms with Crippen LogP contribution in [-0.2, 0) is 14.6 Å². The lowest BCUT2D eigenvalue weighted by atomic mass is 10.1. The van der Waals surface area contributed by atoms with Gasteiger partial charge in [0.15, 0.2) is 5.96 Å². The number of carbonyl (C=O) groups is 2. The highest BCUT2D eigenvalue weighted by atomic mass is 32.1. The fourth-order valence-corrected chi connectivity index (χ4v) is 21.1. The summed E-state index contributed by atoms with van der Waals surface area (Å²) in [6.07, 6.45) is 3.81. The predicted octanol–water partition coefficient (Wildman–Crippen LogP) is 6.22. The number of hydrogen-bond donors (Lipinski definition) is 4. The van der Waals surface area contributed by atoms with Crippen molar-refractivity contribution in [2.45, 2.75) is 95.1 Å². The van der Waals surface area contributed by atoms with E-state index in [9.17, 15) is 9.59 Å². The fourth-order valence-electron chi connectivity index (χ4n) is 11.7. The maximum Gasteiger partial charge on any atom is 0.349 e. The van der Waals surface area contributed by atoms with Crippen LogP contribution in [0.15, 0.2) is 145 Å². The van der Waals surface area contributed by atoms with E-state index in [1.165, 1.54) is 20.7 Å². The summed E-state index contributed by atoms with van der Waals surface area (Å²) < 4.78 is 17.1. The van der Waals surface area contributed by atoms with E-state index in [-0.39, 0.29) is 34.0 Å². The number of carbonyl (C=O) groups excluding carboxylic acids is 2. The lowest BCUT2D eigenvalue weighted by molar-refractivity contribution is -0.546. The van der Waals surface area contributed by atoms with Crippen molar-refractivity contribution < 1.29 is 23.0 Å². The van der Waals surface area contributed by atoms with E-state index in [0.717, 1.165) is 82.4 Å². The van der Waals surface area contributed by atoms with Crippen LogP contribution < -0.4 is 36.7 Å². The van der Waals surface area contributed by atoms with Gasteiger partial charge in [-0.25, -0.2) is 9.89 Å². The Morgan fingerprint density at radius 2 is 1.12 bits per heavy atom. The number of rotatable bonds is 17. The molecule has 390 valence electrons. The second kappa shape index (κ2) is 23.0. The number of thiol groups is 1. The van der Waals surface area contributed by atoms with E-state index in [1.54, 1.807) is 6.07 Å². The minimum Gasteiger partial charge on any atom is -0.405 e. The van der Waals surface area contributed by atoms with E-state index in [1.807, 2.05) is 12.1 Å². The Morgan fingerprint density at radius 3 is 1.62 bits per heavy atom. The zero-order valence-electron chi connectivity index (χ0n) is 44.4. The molecule has 4 heterocycles. The van der Waals surface area contributed by atoms with Gasteiger partial charge in [-0.1, -0.05) is 163 Å². The van der Waals surface area contributed by atoms with Crippen molar-refractivity contribution in [3.8, 4) is 0 Å². The lowest BCUT2D eigenvalue weighted by Gasteiger charge is -2.45. The van der Waals surface area contributed by atoms with Gasteiger partial charge >= 0.3 is 5.96 Å². The highest BCUT2D eigenvalue weighted by Gasteiger charge is 2.52. The monoisotopic (exact) mass is 1050 g/mol. The predicted molar refractivity (Wildman–Crippen MR) is 308 cm³/mol. The number of benzene rings is 5. The van der Waals surface area contributed by atoms with E-state index < -0.39 is 16.6 Å². The first-order valence-corrected chi connectivity index (χ1v) is 31.2. The molecule has 0 aromatic heterocycles. The third kappa shape index (κ3) is 11.3. The van der Waals surface area contributed by atoms with Gasteiger partial charge < -0.3 is 29.3 Å². The zero-order chi connectivity index (χ0) is 51.9. The first-order valence-electron chi connectivity index (χ1n) is 26.7. The van der Waals surface area contributed by atoms with E-state index in [2.05, 4.69) is 211 Å². The largest absolute Gasteiger partial charge is 0.405 e. The normalized spacial score (nSPS) is 18.5. The average Bonchev–Trinajstić information content (AvgIpc) is 3.43. The number of nitrogens with one attached hydrogen (secondary N) is 3. The molecule has 0 saturated carbocycles. The fraction of sp³-hybridized carbons (Fsp3) is 0.424. The molecule has 9 rings (SSSR count). The molecule has 15 heteroatoms. The molecule has 5 aromatic carbocycles. The standard InChI is InChI=1S/C59H76N8O4SSi2/c1-58(2,3)73(50-21-11-7-12-22-50,51-23-13-8-14-24-51)70-40-48-29-35-64-31-19-33-66(56(64)62-48)43-60-54(68)46-37-45(42-72)38-47(39-46)55(69)61-44-67-34-20-32-65-36-30-49(63-57(65)67)41-71-74(59(4,5)6,52-25-15-9-16-26-52)53-27-17-10-18-28-53/h7-18,21-28,37-39,48-49H,19-20,29-36,40-44H2,1-6H3,(H3,60,61,68,69,72)/p+1/t48-,49-/m0/s1. The van der Waals surface area contributed by atoms with Gasteiger partial charge in [0.25, 0.3) is 28.4 Å². The Morgan fingerprint density at radius 1 is 0.635 bits per heavy atom. The number of aliphatic imine (C=N–C) groups is 1. The number of nitrogens with zero attached hydrogens (tertiary/aromatic N) is 5. The third-order valence-electron chi connectivity index (χ3n) is 15.4. The molecule has 74 heavy (non-hydrogen) atoms. The average molecular weight is 1050 g/mol. The Labute approximate surface area is 447 Å². The summed E-state index contributed by atoms with van der Waals surface area (Å²) in [5.41, 5.74) is 1.65. The van der Waals surface area contributed by atoms with E-state index in [4.69, 9.17) is 13.8 Å². The maximum absolute atomic E-state index is 14.1. The molecule has 0 radical (unpaired) electrons. The van der Waals surface area contributed by atoms with Gasteiger partial charge in [0, 0.05) is 49.4 Å². The third-order valence-corrected chi connectivity index (χ3v) is 25.8.